The Morgan fingerprint density at radius 2 is 1.42 bits per heavy atom. The minimum Gasteiger partial charge on any atom is -0.0654 e. The molecule has 1 rings (SSSR count). The molecule has 0 heteroatoms. The molecule has 0 heterocycles. The summed E-state index contributed by atoms with van der Waals surface area (Å²) in [4.78, 5) is 0. The van der Waals surface area contributed by atoms with Crippen LogP contribution in [0.25, 0.3) is 0 Å². The zero-order valence-electron chi connectivity index (χ0n) is 8.97. The van der Waals surface area contributed by atoms with Gasteiger partial charge in [-0.05, 0) is 24.2 Å². The summed E-state index contributed by atoms with van der Waals surface area (Å²) < 4.78 is 0. The molecule has 0 bridgehead atoms. The Morgan fingerprint density at radius 1 is 0.750 bits per heavy atom. The second-order valence-corrected chi connectivity index (χ2v) is 4.33. The van der Waals surface area contributed by atoms with Crippen LogP contribution in [-0.4, -0.2) is 0 Å². The van der Waals surface area contributed by atoms with Crippen LogP contribution in [0.2, 0.25) is 0 Å². The van der Waals surface area contributed by atoms with Crippen LogP contribution in [-0.2, 0) is 0 Å². The molecule has 0 aliphatic heterocycles. The zero-order valence-corrected chi connectivity index (χ0v) is 8.97. The van der Waals surface area contributed by atoms with Crippen molar-refractivity contribution in [1.29, 1.82) is 0 Å². The predicted octanol–water partition coefficient (Wildman–Crippen LogP) is 4.25. The molecule has 0 nitrogen and oxygen atoms in total. The van der Waals surface area contributed by atoms with E-state index in [4.69, 9.17) is 0 Å². The number of hydrogen-bond donors (Lipinski definition) is 0. The Labute approximate surface area is 77.7 Å². The highest BCUT2D eigenvalue weighted by Gasteiger charge is 2.46. The second-order valence-electron chi connectivity index (χ2n) is 4.33. The van der Waals surface area contributed by atoms with Gasteiger partial charge < -0.3 is 0 Å². The van der Waals surface area contributed by atoms with Crippen molar-refractivity contribution in [2.75, 3.05) is 0 Å². The molecule has 3 atom stereocenters. The van der Waals surface area contributed by atoms with Crippen LogP contribution in [0.5, 0.6) is 0 Å². The molecule has 1 saturated carbocycles. The number of unbranched alkanes of at least 4 members (excludes halogenated alkanes) is 1. The fourth-order valence-electron chi connectivity index (χ4n) is 2.76. The topological polar surface area (TPSA) is 0 Å². The average molecular weight is 168 g/mol. The van der Waals surface area contributed by atoms with Crippen molar-refractivity contribution in [3.63, 3.8) is 0 Å². The molecule has 0 radical (unpaired) electrons. The molecule has 12 heavy (non-hydrogen) atoms. The first kappa shape index (κ1) is 10.1. The lowest BCUT2D eigenvalue weighted by molar-refractivity contribution is 0.572. The normalized spacial score (nSPS) is 33.8. The average Bonchev–Trinajstić information content (AvgIpc) is 2.75. The Bertz CT molecular complexity index is 117. The van der Waals surface area contributed by atoms with E-state index < -0.39 is 0 Å². The second kappa shape index (κ2) is 4.89. The largest absolute Gasteiger partial charge is 0.0654 e. The van der Waals surface area contributed by atoms with Crippen LogP contribution >= 0.6 is 0 Å². The van der Waals surface area contributed by atoms with Crippen molar-refractivity contribution in [1.82, 2.24) is 0 Å². The molecule has 0 amide bonds. The minimum absolute atomic E-state index is 1.11. The van der Waals surface area contributed by atoms with E-state index in [2.05, 4.69) is 20.8 Å². The highest BCUT2D eigenvalue weighted by atomic mass is 14.5. The highest BCUT2D eigenvalue weighted by Crippen LogP contribution is 2.53. The first-order chi connectivity index (χ1) is 5.85. The molecule has 72 valence electrons. The maximum absolute atomic E-state index is 2.36. The van der Waals surface area contributed by atoms with Gasteiger partial charge in [-0.25, -0.2) is 0 Å². The van der Waals surface area contributed by atoms with Gasteiger partial charge in [0.1, 0.15) is 0 Å². The van der Waals surface area contributed by atoms with Gasteiger partial charge in [-0.3, -0.25) is 0 Å². The fourth-order valence-corrected chi connectivity index (χ4v) is 2.76. The maximum Gasteiger partial charge on any atom is -0.0352 e. The summed E-state index contributed by atoms with van der Waals surface area (Å²) in [6.07, 6.45) is 8.67. The van der Waals surface area contributed by atoms with E-state index in [1.807, 2.05) is 0 Å². The van der Waals surface area contributed by atoms with Crippen molar-refractivity contribution >= 4 is 0 Å². The van der Waals surface area contributed by atoms with Gasteiger partial charge in [0.25, 0.3) is 0 Å². The van der Waals surface area contributed by atoms with Gasteiger partial charge in [0.05, 0.1) is 0 Å². The quantitative estimate of drug-likeness (QED) is 0.556. The Balaban J connectivity index is 2.17. The summed E-state index contributed by atoms with van der Waals surface area (Å²) in [5, 5.41) is 0. The molecule has 0 aromatic carbocycles. The van der Waals surface area contributed by atoms with Crippen molar-refractivity contribution in [3.8, 4) is 0 Å². The van der Waals surface area contributed by atoms with Crippen LogP contribution in [0.4, 0.5) is 0 Å². The summed E-state index contributed by atoms with van der Waals surface area (Å²) in [6.45, 7) is 6.99. The summed E-state index contributed by atoms with van der Waals surface area (Å²) in [5.41, 5.74) is 0. The van der Waals surface area contributed by atoms with Gasteiger partial charge in [-0.1, -0.05) is 52.9 Å². The molecule has 0 aromatic rings. The van der Waals surface area contributed by atoms with E-state index in [0.29, 0.717) is 0 Å². The van der Waals surface area contributed by atoms with E-state index in [9.17, 15) is 0 Å². The summed E-state index contributed by atoms with van der Waals surface area (Å²) in [6, 6.07) is 0. The van der Waals surface area contributed by atoms with Crippen LogP contribution in [0.1, 0.15) is 59.3 Å². The Hall–Kier alpha value is 0. The summed E-state index contributed by atoms with van der Waals surface area (Å²) in [7, 11) is 0. The molecule has 0 N–H and O–H groups in total. The van der Waals surface area contributed by atoms with Gasteiger partial charge in [0.15, 0.2) is 0 Å². The van der Waals surface area contributed by atoms with Crippen LogP contribution in [0.15, 0.2) is 0 Å². The molecule has 0 spiro atoms. The van der Waals surface area contributed by atoms with Crippen LogP contribution in [0, 0.1) is 17.8 Å². The number of rotatable bonds is 6. The highest BCUT2D eigenvalue weighted by molar-refractivity contribution is 4.95. The predicted molar refractivity (Wildman–Crippen MR) is 55.2 cm³/mol. The van der Waals surface area contributed by atoms with E-state index in [-0.39, 0.29) is 0 Å². The third-order valence-electron chi connectivity index (χ3n) is 3.49. The Kier molecular flexibility index (Phi) is 4.11. The van der Waals surface area contributed by atoms with Crippen LogP contribution in [0.3, 0.4) is 0 Å². The van der Waals surface area contributed by atoms with Gasteiger partial charge in [-0.2, -0.15) is 0 Å². The maximum atomic E-state index is 2.36. The molecule has 1 fully saturated rings. The van der Waals surface area contributed by atoms with Gasteiger partial charge in [-0.15, -0.1) is 0 Å². The third kappa shape index (κ3) is 2.24. The van der Waals surface area contributed by atoms with Gasteiger partial charge in [0, 0.05) is 0 Å². The molecule has 0 aromatic heterocycles. The fraction of sp³-hybridized carbons (Fsp3) is 1.00. The monoisotopic (exact) mass is 168 g/mol. The summed E-state index contributed by atoms with van der Waals surface area (Å²) >= 11 is 0. The smallest absolute Gasteiger partial charge is 0.0352 e. The zero-order chi connectivity index (χ0) is 8.97. The van der Waals surface area contributed by atoms with Crippen LogP contribution < -0.4 is 0 Å². The SMILES string of the molecule is CCCCC1C(CC)C1CCC. The van der Waals surface area contributed by atoms with Crippen molar-refractivity contribution in [2.24, 2.45) is 17.8 Å². The third-order valence-corrected chi connectivity index (χ3v) is 3.49. The lowest BCUT2D eigenvalue weighted by atomic mass is 10.1. The first-order valence-electron chi connectivity index (χ1n) is 5.85. The summed E-state index contributed by atoms with van der Waals surface area (Å²) in [5.74, 6) is 3.35. The molecule has 0 saturated heterocycles. The number of hydrogen-bond acceptors (Lipinski definition) is 0. The molecule has 1 aliphatic rings. The van der Waals surface area contributed by atoms with E-state index in [0.717, 1.165) is 17.8 Å². The standard InChI is InChI=1S/C12H24/c1-4-7-9-12-10(6-3)11(12)8-5-2/h10-12H,4-9H2,1-3H3. The molecule has 1 aliphatic carbocycles. The van der Waals surface area contributed by atoms with Crippen molar-refractivity contribution in [2.45, 2.75) is 59.3 Å². The van der Waals surface area contributed by atoms with Crippen molar-refractivity contribution in [3.05, 3.63) is 0 Å². The molecular formula is C12H24. The molecule has 3 unspecified atom stereocenters. The minimum atomic E-state index is 1.11. The van der Waals surface area contributed by atoms with E-state index in [1.54, 1.807) is 0 Å². The molecular weight excluding hydrogens is 144 g/mol. The first-order valence-corrected chi connectivity index (χ1v) is 5.85. The van der Waals surface area contributed by atoms with E-state index >= 15 is 0 Å². The van der Waals surface area contributed by atoms with Gasteiger partial charge >= 0.3 is 0 Å². The lowest BCUT2D eigenvalue weighted by Crippen LogP contribution is -1.82. The van der Waals surface area contributed by atoms with E-state index in [1.165, 1.54) is 38.5 Å². The lowest BCUT2D eigenvalue weighted by Gasteiger charge is -1.95. The Morgan fingerprint density at radius 3 is 1.92 bits per heavy atom. The van der Waals surface area contributed by atoms with Crippen molar-refractivity contribution < 1.29 is 0 Å². The van der Waals surface area contributed by atoms with Gasteiger partial charge in [0.2, 0.25) is 0 Å².